The Labute approximate surface area is 358 Å². The van der Waals surface area contributed by atoms with Crippen LogP contribution in [0, 0.1) is 27.2 Å². The highest BCUT2D eigenvalue weighted by molar-refractivity contribution is 5.81. The van der Waals surface area contributed by atoms with Crippen LogP contribution in [-0.4, -0.2) is 61.3 Å². The van der Waals surface area contributed by atoms with Crippen LogP contribution in [0.15, 0.2) is 84.1 Å². The molecule has 3 rings (SSSR count). The normalized spacial score (nSPS) is 10.9. The molecular formula is C45H60N6O10. The van der Waals surface area contributed by atoms with Crippen molar-refractivity contribution in [1.29, 1.82) is 0 Å². The first-order valence-electron chi connectivity index (χ1n) is 21.0. The molecule has 0 aromatic heterocycles. The van der Waals surface area contributed by atoms with Crippen molar-refractivity contribution in [3.05, 3.63) is 99.6 Å². The van der Waals surface area contributed by atoms with Gasteiger partial charge in [-0.3, -0.25) is 20.2 Å². The summed E-state index contributed by atoms with van der Waals surface area (Å²) in [4.78, 5) is 47.5. The van der Waals surface area contributed by atoms with Gasteiger partial charge in [-0.15, -0.1) is 10.2 Å². The zero-order valence-electron chi connectivity index (χ0n) is 35.7. The average Bonchev–Trinajstić information content (AvgIpc) is 3.25. The Morgan fingerprint density at radius 1 is 0.672 bits per heavy atom. The first kappa shape index (κ1) is 49.0. The lowest BCUT2D eigenvalue weighted by Crippen LogP contribution is -2.25. The lowest BCUT2D eigenvalue weighted by Gasteiger charge is -2.26. The highest BCUT2D eigenvalue weighted by Gasteiger charge is 2.21. The molecule has 0 saturated carbocycles. The van der Waals surface area contributed by atoms with E-state index < -0.39 is 33.2 Å². The summed E-state index contributed by atoms with van der Waals surface area (Å²) in [6, 6.07) is 12.3. The molecule has 61 heavy (non-hydrogen) atoms. The fourth-order valence-corrected chi connectivity index (χ4v) is 6.30. The number of non-ortho nitro benzene ring substituents is 1. The van der Waals surface area contributed by atoms with Gasteiger partial charge in [0, 0.05) is 54.8 Å². The number of rotatable bonds is 31. The van der Waals surface area contributed by atoms with Crippen LogP contribution < -0.4 is 19.7 Å². The third-order valence-corrected chi connectivity index (χ3v) is 9.60. The van der Waals surface area contributed by atoms with Crippen LogP contribution in [0.1, 0.15) is 96.5 Å². The zero-order chi connectivity index (χ0) is 44.4. The number of nitrogens with zero attached hydrogens (tertiary/aromatic N) is 5. The fourth-order valence-electron chi connectivity index (χ4n) is 6.30. The van der Waals surface area contributed by atoms with E-state index >= 15 is 0 Å². The molecule has 0 heterocycles. The van der Waals surface area contributed by atoms with Crippen LogP contribution in [0.3, 0.4) is 0 Å². The molecule has 16 heteroatoms. The number of esters is 2. The number of nitrogens with one attached hydrogen (secondary N) is 1. The zero-order valence-corrected chi connectivity index (χ0v) is 35.7. The molecule has 0 radical (unpaired) electrons. The topological polar surface area (TPSA) is 197 Å². The van der Waals surface area contributed by atoms with E-state index in [1.807, 2.05) is 13.0 Å². The van der Waals surface area contributed by atoms with Crippen LogP contribution in [0.5, 0.6) is 11.5 Å². The maximum absolute atomic E-state index is 11.8. The molecular weight excluding hydrogens is 785 g/mol. The number of nitro groups is 2. The van der Waals surface area contributed by atoms with Crippen LogP contribution in [0.25, 0.3) is 0 Å². The van der Waals surface area contributed by atoms with E-state index in [1.165, 1.54) is 70.3 Å². The van der Waals surface area contributed by atoms with E-state index in [9.17, 15) is 29.8 Å². The Hall–Kier alpha value is -6.32. The molecule has 0 aliphatic heterocycles. The number of aryl methyl sites for hydroxylation is 1. The second-order valence-electron chi connectivity index (χ2n) is 14.3. The minimum atomic E-state index is -0.797. The maximum Gasteiger partial charge on any atom is 0.330 e. The highest BCUT2D eigenvalue weighted by atomic mass is 16.6. The largest absolute Gasteiger partial charge is 0.488 e. The van der Waals surface area contributed by atoms with Crippen molar-refractivity contribution in [2.24, 2.45) is 10.2 Å². The van der Waals surface area contributed by atoms with Gasteiger partial charge in [-0.05, 0) is 49.6 Å². The van der Waals surface area contributed by atoms with Gasteiger partial charge in [0.2, 0.25) is 0 Å². The second kappa shape index (κ2) is 27.4. The molecule has 0 saturated heterocycles. The summed E-state index contributed by atoms with van der Waals surface area (Å²) in [6.07, 6.45) is 16.7. The predicted molar refractivity (Wildman–Crippen MR) is 237 cm³/mol. The van der Waals surface area contributed by atoms with Gasteiger partial charge in [0.05, 0.1) is 21.6 Å². The molecule has 0 bridgehead atoms. The molecule has 0 aliphatic carbocycles. The highest BCUT2D eigenvalue weighted by Crippen LogP contribution is 2.42. The lowest BCUT2D eigenvalue weighted by molar-refractivity contribution is -0.393. The number of unbranched alkanes of at least 4 members (excludes halogenated alkanes) is 10. The summed E-state index contributed by atoms with van der Waals surface area (Å²) in [5.41, 5.74) is 1.99. The molecule has 0 unspecified atom stereocenters. The van der Waals surface area contributed by atoms with Gasteiger partial charge in [-0.25, -0.2) is 9.59 Å². The summed E-state index contributed by atoms with van der Waals surface area (Å²) in [7, 11) is 0. The molecule has 3 aromatic carbocycles. The van der Waals surface area contributed by atoms with Gasteiger partial charge in [-0.1, -0.05) is 91.2 Å². The van der Waals surface area contributed by atoms with Crippen LogP contribution in [-0.2, 0) is 19.1 Å². The first-order valence-corrected chi connectivity index (χ1v) is 21.0. The van der Waals surface area contributed by atoms with E-state index in [4.69, 9.17) is 18.9 Å². The monoisotopic (exact) mass is 844 g/mol. The van der Waals surface area contributed by atoms with Gasteiger partial charge in [0.15, 0.2) is 5.69 Å². The number of ether oxygens (including phenoxy) is 4. The SMILES string of the molecule is C=CC(=O)OCCOc1cc(Nc2ccc(N(CCCCCCCC)CCCCCCCC)cc2C)c(OCCOC(=O)C=C)cc1/N=N/c1ccc([N+](=O)[O-])cc1[N+](=O)[O-]. The van der Waals surface area contributed by atoms with Crippen LogP contribution in [0.4, 0.5) is 39.8 Å². The van der Waals surface area contributed by atoms with Gasteiger partial charge >= 0.3 is 17.6 Å². The van der Waals surface area contributed by atoms with Crippen molar-refractivity contribution in [1.82, 2.24) is 0 Å². The number of benzene rings is 3. The predicted octanol–water partition coefficient (Wildman–Crippen LogP) is 11.7. The average molecular weight is 845 g/mol. The smallest absolute Gasteiger partial charge is 0.330 e. The van der Waals surface area contributed by atoms with Crippen molar-refractivity contribution in [2.45, 2.75) is 97.8 Å². The van der Waals surface area contributed by atoms with Gasteiger partial charge in [0.1, 0.15) is 43.6 Å². The van der Waals surface area contributed by atoms with Crippen molar-refractivity contribution >= 4 is 51.8 Å². The van der Waals surface area contributed by atoms with Crippen molar-refractivity contribution < 1.29 is 38.4 Å². The molecule has 330 valence electrons. The van der Waals surface area contributed by atoms with Crippen LogP contribution in [0.2, 0.25) is 0 Å². The fraction of sp³-hybridized carbons (Fsp3) is 0.467. The summed E-state index contributed by atoms with van der Waals surface area (Å²) in [5.74, 6) is -0.897. The Kier molecular flexibility index (Phi) is 22.1. The molecule has 0 amide bonds. The minimum Gasteiger partial charge on any atom is -0.488 e. The van der Waals surface area contributed by atoms with Crippen molar-refractivity contribution in [2.75, 3.05) is 49.7 Å². The molecule has 0 spiro atoms. The Morgan fingerprint density at radius 3 is 1.77 bits per heavy atom. The Bertz CT molecular complexity index is 1940. The van der Waals surface area contributed by atoms with E-state index in [0.717, 1.165) is 73.2 Å². The summed E-state index contributed by atoms with van der Waals surface area (Å²) in [5, 5.41) is 34.8. The number of carbonyl (C=O) groups is 2. The molecule has 16 nitrogen and oxygen atoms in total. The Morgan fingerprint density at radius 2 is 1.23 bits per heavy atom. The van der Waals surface area contributed by atoms with E-state index in [1.54, 1.807) is 6.07 Å². The summed E-state index contributed by atoms with van der Waals surface area (Å²) < 4.78 is 22.3. The number of hydrogen-bond donors (Lipinski definition) is 1. The molecule has 0 fully saturated rings. The van der Waals surface area contributed by atoms with Gasteiger partial charge in [-0.2, -0.15) is 0 Å². The third kappa shape index (κ3) is 17.4. The number of hydrogen-bond acceptors (Lipinski definition) is 14. The van der Waals surface area contributed by atoms with Crippen LogP contribution >= 0.6 is 0 Å². The lowest BCUT2D eigenvalue weighted by atomic mass is 10.1. The minimum absolute atomic E-state index is 0.0541. The van der Waals surface area contributed by atoms with Gasteiger partial charge < -0.3 is 29.2 Å². The van der Waals surface area contributed by atoms with E-state index in [0.29, 0.717) is 5.69 Å². The van der Waals surface area contributed by atoms with E-state index in [2.05, 4.69) is 59.6 Å². The standard InChI is InChI=1S/C45H60N6O10/c1-6-10-12-14-16-18-24-49(25-19-17-15-13-11-7-2)35-20-22-37(34(5)30-35)46-39-32-43(59-27-29-61-45(53)9-4)40(33-42(39)58-26-28-60-44(52)8-3)48-47-38-23-21-36(50(54)55)31-41(38)51(56)57/h8-9,20-23,30-33,46H,3-4,6-7,10-19,24-29H2,1-2,5H3/b48-47+. The number of anilines is 3. The quantitative estimate of drug-likeness (QED) is 0.0161. The number of azo groups is 1. The summed E-state index contributed by atoms with van der Waals surface area (Å²) in [6.45, 7) is 14.8. The van der Waals surface area contributed by atoms with Crippen molar-refractivity contribution in [3.8, 4) is 11.5 Å². The molecule has 3 aromatic rings. The van der Waals surface area contributed by atoms with E-state index in [-0.39, 0.29) is 49.3 Å². The number of carbonyl (C=O) groups excluding carboxylic acids is 2. The van der Waals surface area contributed by atoms with Gasteiger partial charge in [0.25, 0.3) is 5.69 Å². The van der Waals surface area contributed by atoms with Crippen molar-refractivity contribution in [3.63, 3.8) is 0 Å². The molecule has 0 aliphatic rings. The maximum atomic E-state index is 11.8. The number of nitro benzene ring substituents is 2. The summed E-state index contributed by atoms with van der Waals surface area (Å²) >= 11 is 0. The molecule has 1 N–H and O–H groups in total. The third-order valence-electron chi connectivity index (χ3n) is 9.60. The first-order chi connectivity index (χ1) is 29.5. The Balaban J connectivity index is 2.02. The molecule has 0 atom stereocenters. The second-order valence-corrected chi connectivity index (χ2v) is 14.3.